The van der Waals surface area contributed by atoms with Gasteiger partial charge in [0, 0.05) is 25.7 Å². The van der Waals surface area contributed by atoms with E-state index in [1.807, 2.05) is 11.4 Å². The van der Waals surface area contributed by atoms with Crippen molar-refractivity contribution in [2.75, 3.05) is 0 Å². The topological polar surface area (TPSA) is 26.0 Å². The van der Waals surface area contributed by atoms with Crippen molar-refractivity contribution in [1.82, 2.24) is 0 Å². The molecule has 1 aromatic carbocycles. The Bertz CT molecular complexity index is 544. The van der Waals surface area contributed by atoms with Crippen LogP contribution in [-0.2, 0) is 0 Å². The molecule has 102 valence electrons. The van der Waals surface area contributed by atoms with E-state index < -0.39 is 0 Å². The normalized spacial score (nSPS) is 14.3. The van der Waals surface area contributed by atoms with Gasteiger partial charge >= 0.3 is 0 Å². The smallest absolute Gasteiger partial charge is 0.136 e. The summed E-state index contributed by atoms with van der Waals surface area (Å²) in [5, 5.41) is 2.12. The standard InChI is InChI=1S/C14H15BrFNS2/c1-2-11(17)14(13-7-9(15)8-18-13)19-12-6-4-3-5-10(12)16/h3-8,11,14H,2,17H2,1H3. The fraction of sp³-hybridized carbons (Fsp3) is 0.286. The van der Waals surface area contributed by atoms with E-state index in [-0.39, 0.29) is 17.1 Å². The fourth-order valence-corrected chi connectivity index (χ4v) is 4.70. The van der Waals surface area contributed by atoms with E-state index in [1.54, 1.807) is 23.5 Å². The number of benzene rings is 1. The summed E-state index contributed by atoms with van der Waals surface area (Å²) in [5.74, 6) is -0.184. The van der Waals surface area contributed by atoms with Crippen LogP contribution in [0.5, 0.6) is 0 Å². The summed E-state index contributed by atoms with van der Waals surface area (Å²) >= 11 is 6.62. The summed E-state index contributed by atoms with van der Waals surface area (Å²) in [7, 11) is 0. The number of hydrogen-bond acceptors (Lipinski definition) is 3. The maximum absolute atomic E-state index is 13.8. The summed E-state index contributed by atoms with van der Waals surface area (Å²) in [5.41, 5.74) is 6.20. The maximum atomic E-state index is 13.8. The minimum atomic E-state index is -0.184. The molecule has 0 radical (unpaired) electrons. The van der Waals surface area contributed by atoms with Crippen LogP contribution in [0.4, 0.5) is 4.39 Å². The van der Waals surface area contributed by atoms with E-state index >= 15 is 0 Å². The molecule has 2 atom stereocenters. The van der Waals surface area contributed by atoms with E-state index in [0.717, 1.165) is 10.9 Å². The number of nitrogens with two attached hydrogens (primary N) is 1. The molecule has 1 nitrogen and oxygen atoms in total. The molecule has 0 bridgehead atoms. The van der Waals surface area contributed by atoms with Crippen LogP contribution in [0.1, 0.15) is 23.5 Å². The van der Waals surface area contributed by atoms with Crippen molar-refractivity contribution in [3.05, 3.63) is 50.9 Å². The Balaban J connectivity index is 2.27. The zero-order valence-corrected chi connectivity index (χ0v) is 13.7. The van der Waals surface area contributed by atoms with Gasteiger partial charge in [-0.3, -0.25) is 0 Å². The summed E-state index contributed by atoms with van der Waals surface area (Å²) in [6.07, 6.45) is 0.863. The molecule has 2 unspecified atom stereocenters. The van der Waals surface area contributed by atoms with Gasteiger partial charge < -0.3 is 5.73 Å². The Morgan fingerprint density at radius 2 is 2.16 bits per heavy atom. The van der Waals surface area contributed by atoms with E-state index in [2.05, 4.69) is 28.9 Å². The highest BCUT2D eigenvalue weighted by Crippen LogP contribution is 2.42. The van der Waals surface area contributed by atoms with Gasteiger partial charge in [0.15, 0.2) is 0 Å². The van der Waals surface area contributed by atoms with Crippen molar-refractivity contribution in [3.63, 3.8) is 0 Å². The molecule has 2 N–H and O–H groups in total. The minimum Gasteiger partial charge on any atom is -0.326 e. The first kappa shape index (κ1) is 15.0. The molecule has 19 heavy (non-hydrogen) atoms. The predicted molar refractivity (Wildman–Crippen MR) is 85.3 cm³/mol. The van der Waals surface area contributed by atoms with Gasteiger partial charge in [-0.1, -0.05) is 19.1 Å². The molecule has 0 aliphatic rings. The van der Waals surface area contributed by atoms with Crippen molar-refractivity contribution in [2.24, 2.45) is 5.73 Å². The van der Waals surface area contributed by atoms with Crippen LogP contribution in [-0.4, -0.2) is 6.04 Å². The largest absolute Gasteiger partial charge is 0.326 e. The number of hydrogen-bond donors (Lipinski definition) is 1. The van der Waals surface area contributed by atoms with Gasteiger partial charge in [0.1, 0.15) is 5.82 Å². The lowest BCUT2D eigenvalue weighted by Crippen LogP contribution is -2.25. The summed E-state index contributed by atoms with van der Waals surface area (Å²) in [6.45, 7) is 2.06. The van der Waals surface area contributed by atoms with Crippen LogP contribution in [0.3, 0.4) is 0 Å². The average Bonchev–Trinajstić information content (AvgIpc) is 2.83. The lowest BCUT2D eigenvalue weighted by molar-refractivity contribution is 0.598. The van der Waals surface area contributed by atoms with E-state index in [0.29, 0.717) is 4.90 Å². The van der Waals surface area contributed by atoms with Crippen molar-refractivity contribution < 1.29 is 4.39 Å². The molecule has 0 spiro atoms. The van der Waals surface area contributed by atoms with Gasteiger partial charge in [-0.05, 0) is 40.5 Å². The second kappa shape index (κ2) is 6.88. The van der Waals surface area contributed by atoms with E-state index in [4.69, 9.17) is 5.73 Å². The molecule has 0 aliphatic heterocycles. The summed E-state index contributed by atoms with van der Waals surface area (Å²) < 4.78 is 14.8. The van der Waals surface area contributed by atoms with Gasteiger partial charge in [-0.2, -0.15) is 0 Å². The van der Waals surface area contributed by atoms with Gasteiger partial charge in [0.25, 0.3) is 0 Å². The first-order chi connectivity index (χ1) is 9.11. The molecule has 0 fully saturated rings. The van der Waals surface area contributed by atoms with Crippen molar-refractivity contribution >= 4 is 39.0 Å². The molecule has 0 amide bonds. The number of thiophene rings is 1. The van der Waals surface area contributed by atoms with Gasteiger partial charge in [-0.15, -0.1) is 23.1 Å². The lowest BCUT2D eigenvalue weighted by Gasteiger charge is -2.21. The van der Waals surface area contributed by atoms with Crippen LogP contribution >= 0.6 is 39.0 Å². The minimum absolute atomic E-state index is 0.00940. The van der Waals surface area contributed by atoms with Crippen LogP contribution in [0.25, 0.3) is 0 Å². The SMILES string of the molecule is CCC(N)C(Sc1ccccc1F)c1cc(Br)cs1. The Kier molecular flexibility index (Phi) is 5.45. The molecular weight excluding hydrogens is 345 g/mol. The van der Waals surface area contributed by atoms with Crippen LogP contribution in [0, 0.1) is 5.82 Å². The van der Waals surface area contributed by atoms with Gasteiger partial charge in [-0.25, -0.2) is 4.39 Å². The Morgan fingerprint density at radius 3 is 2.74 bits per heavy atom. The average molecular weight is 360 g/mol. The lowest BCUT2D eigenvalue weighted by atomic mass is 10.1. The zero-order chi connectivity index (χ0) is 13.8. The molecule has 1 aromatic heterocycles. The molecular formula is C14H15BrFNS2. The molecule has 0 saturated heterocycles. The summed E-state index contributed by atoms with van der Waals surface area (Å²) in [6, 6.07) is 8.92. The fourth-order valence-electron chi connectivity index (χ4n) is 1.73. The molecule has 0 saturated carbocycles. The van der Waals surface area contributed by atoms with E-state index in [9.17, 15) is 4.39 Å². The third-order valence-corrected chi connectivity index (χ3v) is 6.19. The maximum Gasteiger partial charge on any atom is 0.136 e. The molecule has 0 aliphatic carbocycles. The van der Waals surface area contributed by atoms with Crippen molar-refractivity contribution in [2.45, 2.75) is 29.5 Å². The highest BCUT2D eigenvalue weighted by molar-refractivity contribution is 9.10. The van der Waals surface area contributed by atoms with Crippen LogP contribution in [0.15, 0.2) is 45.1 Å². The quantitative estimate of drug-likeness (QED) is 0.740. The third kappa shape index (κ3) is 3.81. The predicted octanol–water partition coefficient (Wildman–Crippen LogP) is 5.22. The number of thioether (sulfide) groups is 1. The Morgan fingerprint density at radius 1 is 1.42 bits per heavy atom. The first-order valence-corrected chi connectivity index (χ1v) is 8.57. The molecule has 2 rings (SSSR count). The van der Waals surface area contributed by atoms with Crippen LogP contribution < -0.4 is 5.73 Å². The highest BCUT2D eigenvalue weighted by Gasteiger charge is 2.22. The van der Waals surface area contributed by atoms with E-state index in [1.165, 1.54) is 22.7 Å². The highest BCUT2D eigenvalue weighted by atomic mass is 79.9. The summed E-state index contributed by atoms with van der Waals surface area (Å²) in [4.78, 5) is 1.83. The third-order valence-electron chi connectivity index (χ3n) is 2.82. The van der Waals surface area contributed by atoms with Gasteiger partial charge in [0.05, 0.1) is 5.25 Å². The second-order valence-corrected chi connectivity index (χ2v) is 7.25. The number of halogens is 2. The zero-order valence-electron chi connectivity index (χ0n) is 10.5. The number of rotatable bonds is 5. The van der Waals surface area contributed by atoms with Gasteiger partial charge in [0.2, 0.25) is 0 Å². The molecule has 5 heteroatoms. The Hall–Kier alpha value is -0.360. The van der Waals surface area contributed by atoms with Crippen molar-refractivity contribution in [3.8, 4) is 0 Å². The van der Waals surface area contributed by atoms with Crippen molar-refractivity contribution in [1.29, 1.82) is 0 Å². The first-order valence-electron chi connectivity index (χ1n) is 6.02. The van der Waals surface area contributed by atoms with Crippen LogP contribution in [0.2, 0.25) is 0 Å². The Labute approximate surface area is 129 Å². The molecule has 1 heterocycles. The molecule has 2 aromatic rings. The monoisotopic (exact) mass is 359 g/mol. The second-order valence-electron chi connectivity index (χ2n) is 4.21.